The minimum Gasteiger partial charge on any atom is -0.482 e. The van der Waals surface area contributed by atoms with Crippen LogP contribution in [0.15, 0.2) is 42.5 Å². The van der Waals surface area contributed by atoms with Gasteiger partial charge in [-0.25, -0.2) is 0 Å². The molecule has 2 N–H and O–H groups in total. The molecule has 0 amide bonds. The minimum atomic E-state index is -0.585. The third-order valence-electron chi connectivity index (χ3n) is 3.97. The molecule has 2 aromatic rings. The molecule has 6 heteroatoms. The van der Waals surface area contributed by atoms with E-state index in [1.54, 1.807) is 6.07 Å². The number of benzene rings is 2. The molecule has 0 aromatic heterocycles. The average molecular weight is 312 g/mol. The van der Waals surface area contributed by atoms with Crippen molar-refractivity contribution in [3.8, 4) is 5.75 Å². The average Bonchev–Trinajstić information content (AvgIpc) is 2.56. The van der Waals surface area contributed by atoms with Crippen molar-refractivity contribution in [3.63, 3.8) is 0 Å². The maximum Gasteiger partial charge on any atom is 0.314 e. The minimum absolute atomic E-state index is 0.126. The van der Waals surface area contributed by atoms with E-state index in [1.807, 2.05) is 30.3 Å². The van der Waals surface area contributed by atoms with Gasteiger partial charge in [0.2, 0.25) is 0 Å². The molecule has 3 rings (SSSR count). The van der Waals surface area contributed by atoms with Gasteiger partial charge in [0, 0.05) is 11.1 Å². The normalized spacial score (nSPS) is 16.7. The Morgan fingerprint density at radius 2 is 1.96 bits per heavy atom. The van der Waals surface area contributed by atoms with Crippen molar-refractivity contribution in [1.82, 2.24) is 0 Å². The predicted octanol–water partition coefficient (Wildman–Crippen LogP) is 2.63. The first-order valence-corrected chi connectivity index (χ1v) is 7.34. The monoisotopic (exact) mass is 312 g/mol. The number of nitrogens with zero attached hydrogens (tertiary/aromatic N) is 1. The SMILES string of the molecule is NC1CCc2c(ccc(OCc3ccccc3)c2[N+](=O)[O-])C1=O. The number of nitro benzene ring substituents is 1. The molecule has 0 saturated heterocycles. The molecule has 2 aromatic carbocycles. The molecule has 0 spiro atoms. The summed E-state index contributed by atoms with van der Waals surface area (Å²) >= 11 is 0. The van der Waals surface area contributed by atoms with Crippen LogP contribution in [0.2, 0.25) is 0 Å². The summed E-state index contributed by atoms with van der Waals surface area (Å²) < 4.78 is 5.63. The Hall–Kier alpha value is -2.73. The third kappa shape index (κ3) is 2.93. The van der Waals surface area contributed by atoms with Crippen molar-refractivity contribution in [3.05, 3.63) is 69.3 Å². The summed E-state index contributed by atoms with van der Waals surface area (Å²) in [5.74, 6) is -0.0650. The van der Waals surface area contributed by atoms with Crippen molar-refractivity contribution < 1.29 is 14.5 Å². The number of rotatable bonds is 4. The largest absolute Gasteiger partial charge is 0.482 e. The number of ether oxygens (including phenoxy) is 1. The number of hydrogen-bond acceptors (Lipinski definition) is 5. The Balaban J connectivity index is 1.95. The fourth-order valence-electron chi connectivity index (χ4n) is 2.78. The molecular formula is C17H16N2O4. The highest BCUT2D eigenvalue weighted by Gasteiger charge is 2.32. The Bertz CT molecular complexity index is 759. The van der Waals surface area contributed by atoms with E-state index in [0.29, 0.717) is 24.0 Å². The van der Waals surface area contributed by atoms with Crippen LogP contribution < -0.4 is 10.5 Å². The zero-order chi connectivity index (χ0) is 16.4. The van der Waals surface area contributed by atoms with Gasteiger partial charge in [0.15, 0.2) is 11.5 Å². The third-order valence-corrected chi connectivity index (χ3v) is 3.97. The van der Waals surface area contributed by atoms with E-state index in [-0.39, 0.29) is 23.8 Å². The quantitative estimate of drug-likeness (QED) is 0.691. The highest BCUT2D eigenvalue weighted by atomic mass is 16.6. The number of nitrogens with two attached hydrogens (primary N) is 1. The predicted molar refractivity (Wildman–Crippen MR) is 84.5 cm³/mol. The lowest BCUT2D eigenvalue weighted by Gasteiger charge is -2.21. The van der Waals surface area contributed by atoms with E-state index in [9.17, 15) is 14.9 Å². The van der Waals surface area contributed by atoms with E-state index in [0.717, 1.165) is 5.56 Å². The highest BCUT2D eigenvalue weighted by Crippen LogP contribution is 2.37. The fraction of sp³-hybridized carbons (Fsp3) is 0.235. The van der Waals surface area contributed by atoms with Crippen molar-refractivity contribution in [2.75, 3.05) is 0 Å². The first kappa shape index (κ1) is 15.2. The summed E-state index contributed by atoms with van der Waals surface area (Å²) in [5.41, 5.74) is 7.29. The van der Waals surface area contributed by atoms with Gasteiger partial charge in [0.25, 0.3) is 0 Å². The number of fused-ring (bicyclic) bond motifs is 1. The molecule has 1 atom stereocenters. The number of nitro groups is 1. The lowest BCUT2D eigenvalue weighted by molar-refractivity contribution is -0.386. The van der Waals surface area contributed by atoms with Crippen LogP contribution in [-0.2, 0) is 13.0 Å². The van der Waals surface area contributed by atoms with Crippen molar-refractivity contribution in [1.29, 1.82) is 0 Å². The smallest absolute Gasteiger partial charge is 0.314 e. The van der Waals surface area contributed by atoms with Crippen LogP contribution >= 0.6 is 0 Å². The molecule has 1 unspecified atom stereocenters. The highest BCUT2D eigenvalue weighted by molar-refractivity contribution is 6.03. The molecule has 6 nitrogen and oxygen atoms in total. The van der Waals surface area contributed by atoms with Crippen LogP contribution in [0.3, 0.4) is 0 Å². The summed E-state index contributed by atoms with van der Waals surface area (Å²) in [4.78, 5) is 23.1. The maximum atomic E-state index is 12.1. The van der Waals surface area contributed by atoms with Crippen molar-refractivity contribution >= 4 is 11.5 Å². The molecule has 23 heavy (non-hydrogen) atoms. The van der Waals surface area contributed by atoms with E-state index < -0.39 is 11.0 Å². The van der Waals surface area contributed by atoms with Gasteiger partial charge in [-0.1, -0.05) is 30.3 Å². The topological polar surface area (TPSA) is 95.5 Å². The molecule has 0 heterocycles. The molecule has 0 aliphatic heterocycles. The molecule has 0 fully saturated rings. The number of ketones is 1. The fourth-order valence-corrected chi connectivity index (χ4v) is 2.78. The summed E-state index contributed by atoms with van der Waals surface area (Å²) in [6, 6.07) is 11.9. The Morgan fingerprint density at radius 1 is 1.22 bits per heavy atom. The second kappa shape index (κ2) is 6.18. The van der Waals surface area contributed by atoms with Crippen molar-refractivity contribution in [2.45, 2.75) is 25.5 Å². The lowest BCUT2D eigenvalue weighted by Crippen LogP contribution is -2.35. The van der Waals surface area contributed by atoms with Gasteiger partial charge >= 0.3 is 5.69 Å². The van der Waals surface area contributed by atoms with Crippen LogP contribution in [0.1, 0.15) is 27.9 Å². The summed E-state index contributed by atoms with van der Waals surface area (Å²) in [6.07, 6.45) is 0.815. The number of hydrogen-bond donors (Lipinski definition) is 1. The lowest BCUT2D eigenvalue weighted by atomic mass is 9.86. The first-order chi connectivity index (χ1) is 11.1. The molecule has 1 aliphatic rings. The van der Waals surface area contributed by atoms with Gasteiger partial charge in [-0.05, 0) is 30.5 Å². The Morgan fingerprint density at radius 3 is 2.65 bits per heavy atom. The molecular weight excluding hydrogens is 296 g/mol. The summed E-state index contributed by atoms with van der Waals surface area (Å²) in [6.45, 7) is 0.230. The van der Waals surface area contributed by atoms with Gasteiger partial charge in [-0.2, -0.15) is 0 Å². The molecule has 118 valence electrons. The zero-order valence-electron chi connectivity index (χ0n) is 12.4. The molecule has 0 bridgehead atoms. The first-order valence-electron chi connectivity index (χ1n) is 7.34. The zero-order valence-corrected chi connectivity index (χ0v) is 12.4. The second-order valence-corrected chi connectivity index (χ2v) is 5.48. The summed E-state index contributed by atoms with van der Waals surface area (Å²) in [5, 5.41) is 11.5. The molecule has 1 aliphatic carbocycles. The Labute approximate surface area is 133 Å². The number of carbonyl (C=O) groups excluding carboxylic acids is 1. The van der Waals surface area contributed by atoms with Crippen LogP contribution in [-0.4, -0.2) is 16.7 Å². The number of Topliss-reactive ketones (excluding diaryl/α,β-unsaturated/α-hetero) is 1. The maximum absolute atomic E-state index is 12.1. The molecule has 0 saturated carbocycles. The van der Waals surface area contributed by atoms with Crippen LogP contribution in [0.25, 0.3) is 0 Å². The van der Waals surface area contributed by atoms with Gasteiger partial charge < -0.3 is 10.5 Å². The van der Waals surface area contributed by atoms with E-state index in [2.05, 4.69) is 0 Å². The van der Waals surface area contributed by atoms with Crippen LogP contribution in [0.5, 0.6) is 5.75 Å². The van der Waals surface area contributed by atoms with Gasteiger partial charge in [0.05, 0.1) is 11.0 Å². The van der Waals surface area contributed by atoms with Gasteiger partial charge in [-0.3, -0.25) is 14.9 Å². The second-order valence-electron chi connectivity index (χ2n) is 5.48. The number of carbonyl (C=O) groups is 1. The van der Waals surface area contributed by atoms with Gasteiger partial charge in [0.1, 0.15) is 6.61 Å². The summed E-state index contributed by atoms with van der Waals surface area (Å²) in [7, 11) is 0. The van der Waals surface area contributed by atoms with E-state index in [4.69, 9.17) is 10.5 Å². The molecule has 0 radical (unpaired) electrons. The van der Waals surface area contributed by atoms with Crippen LogP contribution in [0.4, 0.5) is 5.69 Å². The van der Waals surface area contributed by atoms with Crippen molar-refractivity contribution in [2.24, 2.45) is 5.73 Å². The van der Waals surface area contributed by atoms with E-state index >= 15 is 0 Å². The Kier molecular flexibility index (Phi) is 4.08. The van der Waals surface area contributed by atoms with Crippen LogP contribution in [0, 0.1) is 10.1 Å². The standard InChI is InChI=1S/C17H16N2O4/c18-14-8-6-12-13(17(14)20)7-9-15(16(12)19(21)22)23-10-11-4-2-1-3-5-11/h1-5,7,9,14H,6,8,10,18H2. The van der Waals surface area contributed by atoms with E-state index in [1.165, 1.54) is 6.07 Å². The van der Waals surface area contributed by atoms with Gasteiger partial charge in [-0.15, -0.1) is 0 Å².